The third-order valence-electron chi connectivity index (χ3n) is 0.244. The molecule has 0 aliphatic rings. The molecule has 0 heterocycles. The summed E-state index contributed by atoms with van der Waals surface area (Å²) in [7, 11) is 0. The van der Waals surface area contributed by atoms with Crippen molar-refractivity contribution in [2.24, 2.45) is 0 Å². The van der Waals surface area contributed by atoms with Crippen molar-refractivity contribution in [1.82, 2.24) is 0 Å². The van der Waals surface area contributed by atoms with Gasteiger partial charge in [0.05, 0.1) is 6.42 Å². The maximum absolute atomic E-state index is 9.71. The smallest absolute Gasteiger partial charge is 0.226 e. The van der Waals surface area contributed by atoms with E-state index in [9.17, 15) is 4.79 Å². The van der Waals surface area contributed by atoms with Gasteiger partial charge in [0.15, 0.2) is 0 Å². The molecule has 34 valence electrons. The van der Waals surface area contributed by atoms with E-state index in [0.29, 0.717) is 0 Å². The Morgan fingerprint density at radius 2 is 2.50 bits per heavy atom. The zero-order valence-corrected chi connectivity index (χ0v) is 4.55. The molecule has 1 nitrogen and oxygen atoms in total. The van der Waals surface area contributed by atoms with Crippen LogP contribution in [0.25, 0.3) is 0 Å². The maximum Gasteiger partial charge on any atom is 0.226 e. The van der Waals surface area contributed by atoms with E-state index in [-0.39, 0.29) is 6.42 Å². The van der Waals surface area contributed by atoms with E-state index in [1.165, 1.54) is 5.37 Å². The second kappa shape index (κ2) is 3.25. The highest BCUT2D eigenvalue weighted by atomic mass is 35.5. The average molecular weight is 123 g/mol. The van der Waals surface area contributed by atoms with Crippen molar-refractivity contribution in [3.63, 3.8) is 0 Å². The Kier molecular flexibility index (Phi) is 3.28. The molecule has 0 aromatic heterocycles. The summed E-state index contributed by atoms with van der Waals surface area (Å²) in [4.78, 5) is 9.71. The summed E-state index contributed by atoms with van der Waals surface area (Å²) in [5.74, 6) is 0. The third kappa shape index (κ3) is 4.05. The first-order chi connectivity index (χ1) is 2.77. The van der Waals surface area contributed by atoms with Gasteiger partial charge in [-0.2, -0.15) is 0 Å². The van der Waals surface area contributed by atoms with Crippen molar-refractivity contribution >= 4 is 34.4 Å². The zero-order chi connectivity index (χ0) is 4.99. The van der Waals surface area contributed by atoms with Crippen LogP contribution in [0.3, 0.4) is 0 Å². The summed E-state index contributed by atoms with van der Waals surface area (Å²) in [6, 6.07) is 0. The Bertz CT molecular complexity index is 71.2. The first-order valence-corrected chi connectivity index (χ1v) is 2.24. The Morgan fingerprint density at radius 1 is 2.00 bits per heavy atom. The second-order valence-electron chi connectivity index (χ2n) is 0.726. The summed E-state index contributed by atoms with van der Waals surface area (Å²) in [6.07, 6.45) is 0.191. The van der Waals surface area contributed by atoms with E-state index in [1.807, 2.05) is 0 Å². The molecule has 0 radical (unpaired) electrons. The van der Waals surface area contributed by atoms with Crippen molar-refractivity contribution in [2.45, 2.75) is 6.42 Å². The Labute approximate surface area is 46.3 Å². The summed E-state index contributed by atoms with van der Waals surface area (Å²) in [5, 5.41) is 0.903. The van der Waals surface area contributed by atoms with E-state index in [4.69, 9.17) is 11.6 Å². The minimum absolute atomic E-state index is 0.191. The van der Waals surface area contributed by atoms with Crippen LogP contribution in [0.2, 0.25) is 0 Å². The van der Waals surface area contributed by atoms with Crippen LogP contribution in [0.15, 0.2) is 0 Å². The van der Waals surface area contributed by atoms with Crippen molar-refractivity contribution in [1.29, 1.82) is 0 Å². The van der Waals surface area contributed by atoms with Gasteiger partial charge in [-0.3, -0.25) is 4.79 Å². The van der Waals surface area contributed by atoms with Gasteiger partial charge in [-0.05, 0) is 17.0 Å². The molecule has 0 saturated carbocycles. The fourth-order valence-corrected chi connectivity index (χ4v) is 0.386. The first kappa shape index (κ1) is 6.05. The molecule has 3 heteroatoms. The fraction of sp³-hybridized carbons (Fsp3) is 0.333. The molecule has 0 fully saturated rings. The summed E-state index contributed by atoms with van der Waals surface area (Å²) < 4.78 is 0. The van der Waals surface area contributed by atoms with E-state index in [0.717, 1.165) is 0 Å². The van der Waals surface area contributed by atoms with E-state index < -0.39 is 5.24 Å². The highest BCUT2D eigenvalue weighted by Gasteiger charge is 1.85. The van der Waals surface area contributed by atoms with Gasteiger partial charge in [-0.15, -0.1) is 0 Å². The van der Waals surface area contributed by atoms with Crippen molar-refractivity contribution in [3.8, 4) is 0 Å². The molecule has 0 amide bonds. The lowest BCUT2D eigenvalue weighted by Gasteiger charge is -1.70. The summed E-state index contributed by atoms with van der Waals surface area (Å²) in [5.41, 5.74) is 0. The van der Waals surface area contributed by atoms with Gasteiger partial charge in [0.25, 0.3) is 0 Å². The monoisotopic (exact) mass is 122 g/mol. The Morgan fingerprint density at radius 3 is 2.50 bits per heavy atom. The van der Waals surface area contributed by atoms with Crippen molar-refractivity contribution in [3.05, 3.63) is 0 Å². The van der Waals surface area contributed by atoms with Crippen LogP contribution in [-0.4, -0.2) is 10.6 Å². The first-order valence-electron chi connectivity index (χ1n) is 1.39. The van der Waals surface area contributed by atoms with Crippen LogP contribution >= 0.6 is 23.8 Å². The number of hydrogen-bond donors (Lipinski definition) is 0. The number of halogens is 1. The fourth-order valence-electron chi connectivity index (χ4n) is 0.0655. The molecule has 0 aromatic rings. The lowest BCUT2D eigenvalue weighted by atomic mass is 10.6. The highest BCUT2D eigenvalue weighted by Crippen LogP contribution is 1.81. The quantitative estimate of drug-likeness (QED) is 0.404. The van der Waals surface area contributed by atoms with Crippen LogP contribution in [-0.2, 0) is 4.79 Å². The van der Waals surface area contributed by atoms with Gasteiger partial charge in [-0.25, -0.2) is 0 Å². The molecule has 0 atom stereocenters. The number of carbonyl (C=O) groups is 1. The number of rotatable bonds is 2. The lowest BCUT2D eigenvalue weighted by molar-refractivity contribution is -0.110. The minimum Gasteiger partial charge on any atom is -0.281 e. The highest BCUT2D eigenvalue weighted by molar-refractivity contribution is 7.79. The predicted octanol–water partition coefficient (Wildman–Crippen LogP) is 1.14. The largest absolute Gasteiger partial charge is 0.281 e. The molecule has 0 saturated heterocycles. The van der Waals surface area contributed by atoms with Crippen LogP contribution in [0, 0.1) is 0 Å². The van der Waals surface area contributed by atoms with Crippen molar-refractivity contribution < 1.29 is 4.79 Å². The SMILES string of the molecule is O=C(Cl)CC=S. The molecular weight excluding hydrogens is 120 g/mol. The second-order valence-corrected chi connectivity index (χ2v) is 1.48. The number of carbonyl (C=O) groups excluding carboxylic acids is 1. The molecule has 0 aliphatic carbocycles. The minimum atomic E-state index is -0.398. The van der Waals surface area contributed by atoms with Gasteiger partial charge in [0.2, 0.25) is 5.24 Å². The van der Waals surface area contributed by atoms with Crippen LogP contribution in [0.4, 0.5) is 0 Å². The molecule has 0 unspecified atom stereocenters. The predicted molar refractivity (Wildman–Crippen MR) is 29.1 cm³/mol. The summed E-state index contributed by atoms with van der Waals surface area (Å²) >= 11 is 9.14. The maximum atomic E-state index is 9.71. The van der Waals surface area contributed by atoms with Gasteiger partial charge in [0, 0.05) is 0 Å². The molecule has 0 spiro atoms. The van der Waals surface area contributed by atoms with Gasteiger partial charge < -0.3 is 0 Å². The average Bonchev–Trinajstić information content (AvgIpc) is 1.35. The molecular formula is C3H3ClOS. The Balaban J connectivity index is 3.05. The zero-order valence-electron chi connectivity index (χ0n) is 2.98. The molecule has 0 rings (SSSR count). The normalized spacial score (nSPS) is 7.50. The lowest BCUT2D eigenvalue weighted by Crippen LogP contribution is -1.81. The van der Waals surface area contributed by atoms with E-state index >= 15 is 0 Å². The van der Waals surface area contributed by atoms with Gasteiger partial charge in [0.1, 0.15) is 0 Å². The van der Waals surface area contributed by atoms with Gasteiger partial charge in [-0.1, -0.05) is 12.2 Å². The molecule has 0 aliphatic heterocycles. The van der Waals surface area contributed by atoms with Gasteiger partial charge >= 0.3 is 0 Å². The molecule has 0 aromatic carbocycles. The molecule has 0 N–H and O–H groups in total. The van der Waals surface area contributed by atoms with E-state index in [1.54, 1.807) is 0 Å². The summed E-state index contributed by atoms with van der Waals surface area (Å²) in [6.45, 7) is 0. The van der Waals surface area contributed by atoms with Crippen LogP contribution < -0.4 is 0 Å². The van der Waals surface area contributed by atoms with Crippen LogP contribution in [0.1, 0.15) is 6.42 Å². The topological polar surface area (TPSA) is 17.1 Å². The van der Waals surface area contributed by atoms with E-state index in [2.05, 4.69) is 12.2 Å². The van der Waals surface area contributed by atoms with Crippen LogP contribution in [0.5, 0.6) is 0 Å². The van der Waals surface area contributed by atoms with Crippen molar-refractivity contribution in [2.75, 3.05) is 0 Å². The third-order valence-corrected chi connectivity index (χ3v) is 0.565. The Hall–Kier alpha value is 0.0500. The molecule has 6 heavy (non-hydrogen) atoms. The molecule has 0 bridgehead atoms. The number of thiocarbonyl (C=S) groups is 1. The standard InChI is InChI=1S/C3H3ClOS/c4-3(5)1-2-6/h2H,1H2. The number of hydrogen-bond acceptors (Lipinski definition) is 2.